The van der Waals surface area contributed by atoms with Crippen molar-refractivity contribution in [1.82, 2.24) is 9.78 Å². The quantitative estimate of drug-likeness (QED) is 0.800. The van der Waals surface area contributed by atoms with Crippen molar-refractivity contribution < 1.29 is 14.3 Å². The molecule has 6 heteroatoms. The summed E-state index contributed by atoms with van der Waals surface area (Å²) in [6.07, 6.45) is 4.47. The van der Waals surface area contributed by atoms with Crippen molar-refractivity contribution in [2.75, 3.05) is 0 Å². The fraction of sp³-hybridized carbons (Fsp3) is 0.0667. The summed E-state index contributed by atoms with van der Waals surface area (Å²) in [6.45, 7) is 0.468. The zero-order valence-electron chi connectivity index (χ0n) is 10.9. The molecule has 0 aliphatic carbocycles. The molecule has 5 nitrogen and oxygen atoms in total. The minimum absolute atomic E-state index is 0.144. The van der Waals surface area contributed by atoms with E-state index in [4.69, 9.17) is 16.0 Å². The maximum atomic E-state index is 11.3. The molecule has 0 aliphatic heterocycles. The smallest absolute Gasteiger partial charge is 0.339 e. The van der Waals surface area contributed by atoms with Gasteiger partial charge < -0.3 is 9.52 Å². The van der Waals surface area contributed by atoms with E-state index in [2.05, 4.69) is 5.10 Å². The van der Waals surface area contributed by atoms with Gasteiger partial charge in [0.25, 0.3) is 0 Å². The Morgan fingerprint density at radius 1 is 1.29 bits per heavy atom. The average molecular weight is 303 g/mol. The number of rotatable bonds is 4. The Kier molecular flexibility index (Phi) is 3.50. The van der Waals surface area contributed by atoms with E-state index in [9.17, 15) is 9.90 Å². The van der Waals surface area contributed by atoms with Crippen molar-refractivity contribution >= 4 is 17.6 Å². The van der Waals surface area contributed by atoms with Crippen LogP contribution in [0.15, 0.2) is 53.5 Å². The Hall–Kier alpha value is -2.53. The van der Waals surface area contributed by atoms with Crippen LogP contribution < -0.4 is 0 Å². The Morgan fingerprint density at radius 2 is 2.05 bits per heavy atom. The van der Waals surface area contributed by atoms with Crippen molar-refractivity contribution in [3.63, 3.8) is 0 Å². The van der Waals surface area contributed by atoms with Crippen molar-refractivity contribution in [3.05, 3.63) is 65.2 Å². The van der Waals surface area contributed by atoms with Gasteiger partial charge in [-0.15, -0.1) is 0 Å². The number of carboxylic acid groups (broad SMARTS) is 1. The number of furan rings is 1. The Labute approximate surface area is 125 Å². The molecule has 3 aromatic rings. The molecule has 0 fully saturated rings. The third-order valence-corrected chi connectivity index (χ3v) is 3.30. The first-order valence-corrected chi connectivity index (χ1v) is 6.59. The number of nitrogens with zero attached hydrogens (tertiary/aromatic N) is 2. The van der Waals surface area contributed by atoms with Crippen molar-refractivity contribution in [2.45, 2.75) is 6.54 Å². The topological polar surface area (TPSA) is 68.3 Å². The lowest BCUT2D eigenvalue weighted by Gasteiger charge is -2.01. The number of aromatic nitrogens is 2. The van der Waals surface area contributed by atoms with Crippen LogP contribution in [0.3, 0.4) is 0 Å². The Balaban J connectivity index is 1.95. The van der Waals surface area contributed by atoms with Gasteiger partial charge >= 0.3 is 5.97 Å². The summed E-state index contributed by atoms with van der Waals surface area (Å²) in [5, 5.41) is 14.3. The molecule has 0 unspecified atom stereocenters. The second-order valence-corrected chi connectivity index (χ2v) is 4.97. The van der Waals surface area contributed by atoms with Crippen LogP contribution in [0.4, 0.5) is 0 Å². The highest BCUT2D eigenvalue weighted by Gasteiger charge is 2.17. The van der Waals surface area contributed by atoms with Gasteiger partial charge in [0.1, 0.15) is 11.3 Å². The minimum atomic E-state index is -1.02. The van der Waals surface area contributed by atoms with Gasteiger partial charge in [0, 0.05) is 16.8 Å². The maximum Gasteiger partial charge on any atom is 0.339 e. The molecule has 0 atom stereocenters. The fourth-order valence-electron chi connectivity index (χ4n) is 2.05. The van der Waals surface area contributed by atoms with Gasteiger partial charge in [0.05, 0.1) is 19.1 Å². The number of benzene rings is 1. The molecule has 1 N–H and O–H groups in total. The van der Waals surface area contributed by atoms with E-state index in [1.165, 1.54) is 18.7 Å². The van der Waals surface area contributed by atoms with Crippen LogP contribution >= 0.6 is 11.6 Å². The van der Waals surface area contributed by atoms with Crippen LogP contribution in [-0.2, 0) is 6.54 Å². The average Bonchev–Trinajstić information content (AvgIpc) is 3.10. The van der Waals surface area contributed by atoms with E-state index in [0.29, 0.717) is 22.8 Å². The Morgan fingerprint density at radius 3 is 2.67 bits per heavy atom. The molecule has 1 aromatic carbocycles. The molecule has 0 radical (unpaired) electrons. The summed E-state index contributed by atoms with van der Waals surface area (Å²) >= 11 is 5.84. The van der Waals surface area contributed by atoms with Gasteiger partial charge in [0.15, 0.2) is 0 Å². The van der Waals surface area contributed by atoms with Gasteiger partial charge in [-0.1, -0.05) is 23.7 Å². The standard InChI is InChI=1S/C15H11ClN2O3/c16-12-3-1-10(2-4-12)7-18-8-13(15(19)20)14(17-18)11-5-6-21-9-11/h1-6,8-9H,7H2,(H,19,20). The number of hydrogen-bond donors (Lipinski definition) is 1. The summed E-state index contributed by atoms with van der Waals surface area (Å²) in [5.41, 5.74) is 2.16. The van der Waals surface area contributed by atoms with E-state index in [-0.39, 0.29) is 5.56 Å². The molecule has 0 saturated carbocycles. The molecule has 0 amide bonds. The number of halogens is 1. The third-order valence-electron chi connectivity index (χ3n) is 3.04. The third kappa shape index (κ3) is 2.83. The highest BCUT2D eigenvalue weighted by molar-refractivity contribution is 6.30. The van der Waals surface area contributed by atoms with Crippen LogP contribution in [0.2, 0.25) is 5.02 Å². The van der Waals surface area contributed by atoms with Gasteiger partial charge in [0.2, 0.25) is 0 Å². The van der Waals surface area contributed by atoms with E-state index in [1.54, 1.807) is 22.9 Å². The lowest BCUT2D eigenvalue weighted by atomic mass is 10.1. The first-order valence-electron chi connectivity index (χ1n) is 6.21. The predicted molar refractivity (Wildman–Crippen MR) is 77.4 cm³/mol. The van der Waals surface area contributed by atoms with Crippen molar-refractivity contribution in [3.8, 4) is 11.3 Å². The summed E-state index contributed by atoms with van der Waals surface area (Å²) in [7, 11) is 0. The highest BCUT2D eigenvalue weighted by Crippen LogP contribution is 2.23. The van der Waals surface area contributed by atoms with E-state index in [0.717, 1.165) is 5.56 Å². The van der Waals surface area contributed by atoms with Crippen LogP contribution in [0, 0.1) is 0 Å². The lowest BCUT2D eigenvalue weighted by Crippen LogP contribution is -2.00. The van der Waals surface area contributed by atoms with E-state index in [1.807, 2.05) is 12.1 Å². The number of aromatic carboxylic acids is 1. The second-order valence-electron chi connectivity index (χ2n) is 4.53. The molecular weight excluding hydrogens is 292 g/mol. The number of hydrogen-bond acceptors (Lipinski definition) is 3. The minimum Gasteiger partial charge on any atom is -0.478 e. The maximum absolute atomic E-state index is 11.3. The zero-order valence-corrected chi connectivity index (χ0v) is 11.6. The number of carbonyl (C=O) groups is 1. The second kappa shape index (κ2) is 5.46. The summed E-state index contributed by atoms with van der Waals surface area (Å²) in [4.78, 5) is 11.3. The van der Waals surface area contributed by atoms with Crippen LogP contribution in [0.1, 0.15) is 15.9 Å². The van der Waals surface area contributed by atoms with Gasteiger partial charge in [-0.3, -0.25) is 4.68 Å². The normalized spacial score (nSPS) is 10.7. The highest BCUT2D eigenvalue weighted by atomic mass is 35.5. The molecule has 0 spiro atoms. The number of carboxylic acids is 1. The predicted octanol–water partition coefficient (Wildman–Crippen LogP) is 3.54. The molecular formula is C15H11ClN2O3. The van der Waals surface area contributed by atoms with Crippen LogP contribution in [-0.4, -0.2) is 20.9 Å². The molecule has 0 aliphatic rings. The van der Waals surface area contributed by atoms with Crippen LogP contribution in [0.5, 0.6) is 0 Å². The SMILES string of the molecule is O=C(O)c1cn(Cc2ccc(Cl)cc2)nc1-c1ccoc1. The summed E-state index contributed by atoms with van der Waals surface area (Å²) in [6, 6.07) is 9.01. The first-order chi connectivity index (χ1) is 10.1. The zero-order chi connectivity index (χ0) is 14.8. The molecule has 106 valence electrons. The fourth-order valence-corrected chi connectivity index (χ4v) is 2.17. The summed E-state index contributed by atoms with van der Waals surface area (Å²) in [5.74, 6) is -1.02. The monoisotopic (exact) mass is 302 g/mol. The lowest BCUT2D eigenvalue weighted by molar-refractivity contribution is 0.0697. The summed E-state index contributed by atoms with van der Waals surface area (Å²) < 4.78 is 6.58. The van der Waals surface area contributed by atoms with Crippen molar-refractivity contribution in [1.29, 1.82) is 0 Å². The van der Waals surface area contributed by atoms with E-state index >= 15 is 0 Å². The first kappa shape index (κ1) is 13.5. The molecule has 2 aromatic heterocycles. The Bertz CT molecular complexity index is 761. The largest absolute Gasteiger partial charge is 0.478 e. The van der Waals surface area contributed by atoms with Gasteiger partial charge in [-0.2, -0.15) is 5.10 Å². The van der Waals surface area contributed by atoms with Crippen molar-refractivity contribution in [2.24, 2.45) is 0 Å². The molecule has 0 saturated heterocycles. The molecule has 0 bridgehead atoms. The van der Waals surface area contributed by atoms with Gasteiger partial charge in [-0.25, -0.2) is 4.79 Å². The van der Waals surface area contributed by atoms with E-state index < -0.39 is 5.97 Å². The molecule has 2 heterocycles. The van der Waals surface area contributed by atoms with Crippen LogP contribution in [0.25, 0.3) is 11.3 Å². The molecule has 21 heavy (non-hydrogen) atoms. The molecule has 3 rings (SSSR count). The van der Waals surface area contributed by atoms with Gasteiger partial charge in [-0.05, 0) is 23.8 Å².